The van der Waals surface area contributed by atoms with Crippen LogP contribution in [0.3, 0.4) is 0 Å². The smallest absolute Gasteiger partial charge is 0.200 e. The Kier molecular flexibility index (Phi) is 3.90. The van der Waals surface area contributed by atoms with Crippen LogP contribution in [0.1, 0.15) is 0 Å². The molecule has 5 aromatic carbocycles. The number of hydrogen-bond donors (Lipinski definition) is 0. The van der Waals surface area contributed by atoms with E-state index in [9.17, 15) is 9.59 Å². The van der Waals surface area contributed by atoms with Crippen molar-refractivity contribution >= 4 is 65.7 Å². The van der Waals surface area contributed by atoms with Crippen molar-refractivity contribution in [3.05, 3.63) is 124 Å². The molecule has 0 unspecified atom stereocenters. The van der Waals surface area contributed by atoms with Crippen LogP contribution >= 0.6 is 0 Å². The second kappa shape index (κ2) is 7.18. The molecule has 0 saturated carbocycles. The molecule has 8 aromatic rings. The SMILES string of the molecule is O=c1c2ccccc2oc2cc3oc4ccc(-n5c6ccccc6c6ccccc65)cc4c(=O)c3cc12. The van der Waals surface area contributed by atoms with Crippen molar-refractivity contribution < 1.29 is 8.83 Å². The lowest BCUT2D eigenvalue weighted by Crippen LogP contribution is -2.06. The molecule has 0 aliphatic carbocycles. The first-order valence-electron chi connectivity index (χ1n) is 12.0. The van der Waals surface area contributed by atoms with Crippen molar-refractivity contribution in [2.75, 3.05) is 0 Å². The van der Waals surface area contributed by atoms with E-state index < -0.39 is 0 Å². The lowest BCUT2D eigenvalue weighted by atomic mass is 10.1. The number of fused-ring (bicyclic) bond motifs is 7. The van der Waals surface area contributed by atoms with E-state index >= 15 is 0 Å². The Morgan fingerprint density at radius 2 is 0.946 bits per heavy atom. The molecule has 8 rings (SSSR count). The molecule has 37 heavy (non-hydrogen) atoms. The largest absolute Gasteiger partial charge is 0.456 e. The van der Waals surface area contributed by atoms with Crippen LogP contribution in [0.5, 0.6) is 0 Å². The molecule has 5 nitrogen and oxygen atoms in total. The molecule has 0 radical (unpaired) electrons. The first kappa shape index (κ1) is 20.1. The van der Waals surface area contributed by atoms with Crippen molar-refractivity contribution in [2.45, 2.75) is 0 Å². The van der Waals surface area contributed by atoms with Gasteiger partial charge in [-0.2, -0.15) is 0 Å². The second-order valence-corrected chi connectivity index (χ2v) is 9.25. The van der Waals surface area contributed by atoms with Gasteiger partial charge in [-0.05, 0) is 48.5 Å². The van der Waals surface area contributed by atoms with E-state index in [4.69, 9.17) is 8.83 Å². The summed E-state index contributed by atoms with van der Waals surface area (Å²) in [5.74, 6) is 0. The maximum atomic E-state index is 13.8. The highest BCUT2D eigenvalue weighted by Crippen LogP contribution is 2.33. The fraction of sp³-hybridized carbons (Fsp3) is 0. The minimum atomic E-state index is -0.187. The molecule has 3 heterocycles. The summed E-state index contributed by atoms with van der Waals surface area (Å²) in [7, 11) is 0. The zero-order chi connectivity index (χ0) is 24.7. The maximum absolute atomic E-state index is 13.8. The third-order valence-electron chi connectivity index (χ3n) is 7.19. The van der Waals surface area contributed by atoms with E-state index in [1.54, 1.807) is 30.3 Å². The molecular formula is C32H17NO4. The Balaban J connectivity index is 1.45. The van der Waals surface area contributed by atoms with E-state index in [2.05, 4.69) is 28.8 Å². The molecule has 0 N–H and O–H groups in total. The van der Waals surface area contributed by atoms with Crippen molar-refractivity contribution in [3.63, 3.8) is 0 Å². The standard InChI is InChI=1S/C32H17NO4/c34-31-21-9-3-6-12-27(21)36-29-17-30-24(16-23(29)31)32(35)22-15-18(13-14-28(22)37-30)33-25-10-4-1-7-19(25)20-8-2-5-11-26(20)33/h1-17H. The van der Waals surface area contributed by atoms with Gasteiger partial charge in [-0.15, -0.1) is 0 Å². The Morgan fingerprint density at radius 1 is 0.432 bits per heavy atom. The van der Waals surface area contributed by atoms with Gasteiger partial charge in [-0.1, -0.05) is 48.5 Å². The van der Waals surface area contributed by atoms with Gasteiger partial charge < -0.3 is 13.4 Å². The summed E-state index contributed by atoms with van der Waals surface area (Å²) in [5.41, 5.74) is 4.37. The zero-order valence-electron chi connectivity index (χ0n) is 19.4. The molecule has 0 fully saturated rings. The van der Waals surface area contributed by atoms with Gasteiger partial charge >= 0.3 is 0 Å². The van der Waals surface area contributed by atoms with Gasteiger partial charge in [0.2, 0.25) is 10.9 Å². The number of benzene rings is 5. The predicted molar refractivity (Wildman–Crippen MR) is 148 cm³/mol. The summed E-state index contributed by atoms with van der Waals surface area (Å²) in [5, 5.41) is 3.94. The lowest BCUT2D eigenvalue weighted by Gasteiger charge is -2.10. The molecule has 0 amide bonds. The number of para-hydroxylation sites is 3. The summed E-state index contributed by atoms with van der Waals surface area (Å²) in [6.45, 7) is 0. The van der Waals surface area contributed by atoms with E-state index in [0.717, 1.165) is 27.5 Å². The van der Waals surface area contributed by atoms with Gasteiger partial charge in [-0.25, -0.2) is 0 Å². The Labute approximate surface area is 208 Å². The van der Waals surface area contributed by atoms with E-state index in [1.807, 2.05) is 48.5 Å². The van der Waals surface area contributed by atoms with Crippen molar-refractivity contribution in [1.82, 2.24) is 4.57 Å². The predicted octanol–water partition coefficient (Wildman–Crippen LogP) is 7.30. The number of hydrogen-bond acceptors (Lipinski definition) is 4. The molecule has 0 saturated heterocycles. The Morgan fingerprint density at radius 3 is 1.62 bits per heavy atom. The Hall–Kier alpha value is -5.16. The topological polar surface area (TPSA) is 65.3 Å². The van der Waals surface area contributed by atoms with Gasteiger partial charge in [-0.3, -0.25) is 9.59 Å². The molecule has 5 heteroatoms. The monoisotopic (exact) mass is 479 g/mol. The third-order valence-corrected chi connectivity index (χ3v) is 7.19. The molecule has 3 aromatic heterocycles. The highest BCUT2D eigenvalue weighted by molar-refractivity contribution is 6.09. The molecule has 0 aliphatic rings. The van der Waals surface area contributed by atoms with Crippen LogP contribution in [0.2, 0.25) is 0 Å². The lowest BCUT2D eigenvalue weighted by molar-refractivity contribution is 0.646. The van der Waals surface area contributed by atoms with Crippen molar-refractivity contribution in [3.8, 4) is 5.69 Å². The van der Waals surface area contributed by atoms with Crippen LogP contribution in [-0.4, -0.2) is 4.57 Å². The van der Waals surface area contributed by atoms with Gasteiger partial charge in [0, 0.05) is 22.5 Å². The zero-order valence-corrected chi connectivity index (χ0v) is 19.4. The van der Waals surface area contributed by atoms with Crippen molar-refractivity contribution in [1.29, 1.82) is 0 Å². The summed E-state index contributed by atoms with van der Waals surface area (Å²) >= 11 is 0. The first-order chi connectivity index (χ1) is 18.2. The summed E-state index contributed by atoms with van der Waals surface area (Å²) in [6.07, 6.45) is 0. The van der Waals surface area contributed by atoms with Crippen LogP contribution in [-0.2, 0) is 0 Å². The second-order valence-electron chi connectivity index (χ2n) is 9.25. The third kappa shape index (κ3) is 2.74. The van der Waals surface area contributed by atoms with Crippen LogP contribution in [0, 0.1) is 0 Å². The summed E-state index contributed by atoms with van der Waals surface area (Å²) in [4.78, 5) is 26.9. The molecule has 0 bridgehead atoms. The highest BCUT2D eigenvalue weighted by atomic mass is 16.3. The van der Waals surface area contributed by atoms with Gasteiger partial charge in [0.1, 0.15) is 22.3 Å². The highest BCUT2D eigenvalue weighted by Gasteiger charge is 2.16. The number of rotatable bonds is 1. The number of aromatic nitrogens is 1. The van der Waals surface area contributed by atoms with Gasteiger partial charge in [0.15, 0.2) is 0 Å². The van der Waals surface area contributed by atoms with Crippen LogP contribution < -0.4 is 10.9 Å². The molecule has 0 aliphatic heterocycles. The molecular weight excluding hydrogens is 462 g/mol. The maximum Gasteiger partial charge on any atom is 0.200 e. The minimum absolute atomic E-state index is 0.169. The fourth-order valence-electron chi connectivity index (χ4n) is 5.48. The quantitative estimate of drug-likeness (QED) is 0.232. The van der Waals surface area contributed by atoms with Crippen molar-refractivity contribution in [2.24, 2.45) is 0 Å². The van der Waals surface area contributed by atoms with Crippen LogP contribution in [0.25, 0.3) is 71.4 Å². The van der Waals surface area contributed by atoms with E-state index in [-0.39, 0.29) is 10.9 Å². The average Bonchev–Trinajstić information content (AvgIpc) is 3.27. The first-order valence-corrected chi connectivity index (χ1v) is 12.0. The number of nitrogens with zero attached hydrogens (tertiary/aromatic N) is 1. The van der Waals surface area contributed by atoms with Gasteiger partial charge in [0.05, 0.1) is 32.6 Å². The average molecular weight is 479 g/mol. The van der Waals surface area contributed by atoms with Crippen LogP contribution in [0.15, 0.2) is 122 Å². The fourth-order valence-corrected chi connectivity index (χ4v) is 5.48. The normalized spacial score (nSPS) is 12.0. The summed E-state index contributed by atoms with van der Waals surface area (Å²) < 4.78 is 14.3. The Bertz CT molecular complexity index is 2300. The van der Waals surface area contributed by atoms with E-state index in [0.29, 0.717) is 43.9 Å². The summed E-state index contributed by atoms with van der Waals surface area (Å²) in [6, 6.07) is 32.5. The van der Waals surface area contributed by atoms with E-state index in [1.165, 1.54) is 0 Å². The van der Waals surface area contributed by atoms with Gasteiger partial charge in [0.25, 0.3) is 0 Å². The molecule has 0 atom stereocenters. The van der Waals surface area contributed by atoms with Crippen LogP contribution in [0.4, 0.5) is 0 Å². The molecule has 0 spiro atoms. The molecule has 174 valence electrons. The minimum Gasteiger partial charge on any atom is -0.456 e.